The van der Waals surface area contributed by atoms with Gasteiger partial charge in [-0.1, -0.05) is 6.07 Å². The number of aromatic hydroxyl groups is 6. The van der Waals surface area contributed by atoms with Crippen molar-refractivity contribution in [3.63, 3.8) is 0 Å². The van der Waals surface area contributed by atoms with E-state index >= 15 is 0 Å². The maximum Gasteiger partial charge on any atom is 0.330 e. The molecule has 17 N–H and O–H groups in total. The van der Waals surface area contributed by atoms with Crippen molar-refractivity contribution in [2.45, 2.75) is 130 Å². The van der Waals surface area contributed by atoms with E-state index in [1.54, 1.807) is 0 Å². The number of benzene rings is 3. The van der Waals surface area contributed by atoms with Gasteiger partial charge in [0, 0.05) is 23.8 Å². The second kappa shape index (κ2) is 23.5. The van der Waals surface area contributed by atoms with Gasteiger partial charge in [0.2, 0.25) is 17.5 Å². The maximum atomic E-state index is 14.5. The Morgan fingerprint density at radius 1 is 0.571 bits per heavy atom. The monoisotopic (exact) mass is 1100 g/mol. The lowest BCUT2D eigenvalue weighted by molar-refractivity contribution is -0.390. The van der Waals surface area contributed by atoms with Gasteiger partial charge in [0.05, 0.1) is 19.3 Å². The molecule has 0 spiro atoms. The van der Waals surface area contributed by atoms with Gasteiger partial charge >= 0.3 is 5.97 Å². The molecule has 77 heavy (non-hydrogen) atoms. The van der Waals surface area contributed by atoms with Gasteiger partial charge in [-0.25, -0.2) is 4.79 Å². The average Bonchev–Trinajstić information content (AvgIpc) is 3.41. The van der Waals surface area contributed by atoms with E-state index in [0.29, 0.717) is 0 Å². The van der Waals surface area contributed by atoms with Crippen LogP contribution < -0.4 is 10.2 Å². The summed E-state index contributed by atoms with van der Waals surface area (Å²) in [4.78, 5) is 27.1. The van der Waals surface area contributed by atoms with Crippen molar-refractivity contribution >= 4 is 23.0 Å². The quantitative estimate of drug-likeness (QED) is 0.0304. The standard InChI is InChI=1S/C48H56O29/c1-15-30(57)35(62)39(66)45(70-15)69-14-27-33(60)38(65)44(48(74-27)75-42-34(61)29-23(55)10-18(50)11-24(29)71-41(42)17-4-6-20(52)22(54)9-17)77-47-43(37(64)31(58)25(12-49)72-47)76-46-40(67)36(63)32(59)26(73-46)13-68-28(56)7-3-16-2-5-19(51)21(53)8-16/h2-11,15,25-27,30-33,35-40,43-55,57-60,62-67H,12-14H2,1H3/b7-3+/t15-,25+,26+,27+,30-,31-,32+,33+,35+,36-,37-,38-,39+,40+,43+,44+,45+,46-,47-,48-/m0/s1. The summed E-state index contributed by atoms with van der Waals surface area (Å²) in [6.45, 7) is -1.38. The Morgan fingerprint density at radius 2 is 1.14 bits per heavy atom. The molecule has 0 amide bonds. The zero-order valence-electron chi connectivity index (χ0n) is 39.9. The van der Waals surface area contributed by atoms with E-state index in [9.17, 15) is 96.4 Å². The number of carbonyl (C=O) groups is 1. The molecule has 3 aromatic carbocycles. The van der Waals surface area contributed by atoms with Crippen molar-refractivity contribution in [2.24, 2.45) is 0 Å². The molecule has 5 heterocycles. The first-order chi connectivity index (χ1) is 36.5. The Labute approximate surface area is 432 Å². The third-order valence-corrected chi connectivity index (χ3v) is 13.1. The lowest BCUT2D eigenvalue weighted by Gasteiger charge is -2.48. The first kappa shape index (κ1) is 57.1. The third-order valence-electron chi connectivity index (χ3n) is 13.1. The van der Waals surface area contributed by atoms with E-state index < -0.39 is 211 Å². The predicted octanol–water partition coefficient (Wildman–Crippen LogP) is -4.36. The largest absolute Gasteiger partial charge is 0.508 e. The summed E-state index contributed by atoms with van der Waals surface area (Å²) in [5, 5.41) is 181. The highest BCUT2D eigenvalue weighted by molar-refractivity contribution is 5.88. The summed E-state index contributed by atoms with van der Waals surface area (Å²) >= 11 is 0. The smallest absolute Gasteiger partial charge is 0.330 e. The van der Waals surface area contributed by atoms with Crippen LogP contribution in [0.2, 0.25) is 0 Å². The van der Waals surface area contributed by atoms with E-state index in [1.165, 1.54) is 19.1 Å². The van der Waals surface area contributed by atoms with Crippen molar-refractivity contribution in [3.8, 4) is 51.6 Å². The van der Waals surface area contributed by atoms with Gasteiger partial charge in [-0.05, 0) is 48.9 Å². The van der Waals surface area contributed by atoms with Crippen LogP contribution in [0.3, 0.4) is 0 Å². The van der Waals surface area contributed by atoms with Gasteiger partial charge in [0.25, 0.3) is 0 Å². The van der Waals surface area contributed by atoms with Crippen LogP contribution in [0.4, 0.5) is 0 Å². The number of esters is 1. The number of fused-ring (bicyclic) bond motifs is 1. The number of aliphatic hydroxyl groups excluding tert-OH is 11. The molecule has 4 aromatic rings. The minimum absolute atomic E-state index is 0.214. The summed E-state index contributed by atoms with van der Waals surface area (Å²) in [5.74, 6) is -6.29. The Bertz CT molecular complexity index is 2810. The molecule has 4 aliphatic heterocycles. The number of rotatable bonds is 15. The number of aliphatic hydroxyl groups is 11. The topological polar surface area (TPSA) is 474 Å². The Hall–Kier alpha value is -6.04. The molecule has 0 aliphatic carbocycles. The van der Waals surface area contributed by atoms with Crippen LogP contribution in [0, 0.1) is 0 Å². The summed E-state index contributed by atoms with van der Waals surface area (Å²) < 4.78 is 57.8. The predicted molar refractivity (Wildman–Crippen MR) is 248 cm³/mol. The number of ether oxygens (including phenoxy) is 9. The molecule has 4 aliphatic rings. The molecule has 1 aromatic heterocycles. The van der Waals surface area contributed by atoms with Crippen LogP contribution in [-0.2, 0) is 42.7 Å². The molecule has 20 atom stereocenters. The molecule has 0 unspecified atom stereocenters. The molecule has 29 heteroatoms. The number of hydrogen-bond donors (Lipinski definition) is 17. The van der Waals surface area contributed by atoms with Crippen LogP contribution in [0.5, 0.6) is 40.2 Å². The zero-order chi connectivity index (χ0) is 55.9. The third kappa shape index (κ3) is 11.9. The van der Waals surface area contributed by atoms with E-state index in [-0.39, 0.29) is 11.1 Å². The highest BCUT2D eigenvalue weighted by Crippen LogP contribution is 2.41. The molecule has 0 saturated carbocycles. The molecule has 8 rings (SSSR count). The SMILES string of the molecule is C[C@@H]1O[C@@H](OC[C@H]2O[C@@H](Oc3c(-c4ccc(O)c(O)c4)oc4cc(O)cc(O)c4c3=O)[C@H](O[C@@H]3O[C@H](CO)[C@H](O)[C@H](O)[C@H]3O[C@@H]3O[C@H](COC(=O)/C=C/c4ccc(O)c(O)c4)[C@@H](O)[C@H](O)[C@H]3O)[C@@H](O)[C@@H]2O)[C@H](O)[C@H](O)[C@H]1O. The van der Waals surface area contributed by atoms with Crippen molar-refractivity contribution in [2.75, 3.05) is 19.8 Å². The van der Waals surface area contributed by atoms with Gasteiger partial charge in [0.15, 0.2) is 53.7 Å². The van der Waals surface area contributed by atoms with Crippen molar-refractivity contribution in [1.29, 1.82) is 0 Å². The average molecular weight is 1100 g/mol. The van der Waals surface area contributed by atoms with Crippen LogP contribution >= 0.6 is 0 Å². The van der Waals surface area contributed by atoms with Crippen molar-refractivity contribution < 1.29 is 139 Å². The van der Waals surface area contributed by atoms with E-state index in [1.807, 2.05) is 0 Å². The van der Waals surface area contributed by atoms with Crippen LogP contribution in [0.1, 0.15) is 12.5 Å². The van der Waals surface area contributed by atoms with E-state index in [4.69, 9.17) is 47.0 Å². The second-order valence-electron chi connectivity index (χ2n) is 18.4. The summed E-state index contributed by atoms with van der Waals surface area (Å²) in [7, 11) is 0. The molecule has 0 radical (unpaired) electrons. The highest BCUT2D eigenvalue weighted by atomic mass is 16.8. The fourth-order valence-electron chi connectivity index (χ4n) is 8.78. The number of phenolic OH excluding ortho intramolecular Hbond substituents is 6. The van der Waals surface area contributed by atoms with Gasteiger partial charge in [0.1, 0.15) is 115 Å². The Morgan fingerprint density at radius 3 is 1.82 bits per heavy atom. The molecular weight excluding hydrogens is 1040 g/mol. The molecule has 29 nitrogen and oxygen atoms in total. The summed E-state index contributed by atoms with van der Waals surface area (Å²) in [6, 6.07) is 8.38. The van der Waals surface area contributed by atoms with Gasteiger partial charge in [-0.15, -0.1) is 0 Å². The summed E-state index contributed by atoms with van der Waals surface area (Å²) in [5.41, 5.74) is -1.64. The Kier molecular flexibility index (Phi) is 17.4. The molecule has 422 valence electrons. The first-order valence-electron chi connectivity index (χ1n) is 23.5. The minimum Gasteiger partial charge on any atom is -0.508 e. The Balaban J connectivity index is 1.12. The normalized spacial score (nSPS) is 35.7. The molecule has 4 fully saturated rings. The van der Waals surface area contributed by atoms with Crippen molar-refractivity contribution in [3.05, 3.63) is 70.4 Å². The number of carbonyl (C=O) groups excluding carboxylic acids is 1. The molecular formula is C48H56O29. The maximum absolute atomic E-state index is 14.5. The molecule has 0 bridgehead atoms. The fourth-order valence-corrected chi connectivity index (χ4v) is 8.78. The molecule has 4 saturated heterocycles. The van der Waals surface area contributed by atoms with Crippen molar-refractivity contribution in [1.82, 2.24) is 0 Å². The van der Waals surface area contributed by atoms with Crippen LogP contribution in [0.25, 0.3) is 28.4 Å². The highest BCUT2D eigenvalue weighted by Gasteiger charge is 2.55. The van der Waals surface area contributed by atoms with Gasteiger partial charge in [-0.3, -0.25) is 4.79 Å². The van der Waals surface area contributed by atoms with Gasteiger partial charge < -0.3 is 134 Å². The number of phenols is 6. The van der Waals surface area contributed by atoms with E-state index in [2.05, 4.69) is 0 Å². The summed E-state index contributed by atoms with van der Waals surface area (Å²) in [6.07, 6.45) is -37.3. The first-order valence-corrected chi connectivity index (χ1v) is 23.5. The van der Waals surface area contributed by atoms with Gasteiger partial charge in [-0.2, -0.15) is 0 Å². The second-order valence-corrected chi connectivity index (χ2v) is 18.4. The van der Waals surface area contributed by atoms with Crippen LogP contribution in [-0.4, -0.2) is 235 Å². The number of hydrogen-bond acceptors (Lipinski definition) is 29. The lowest BCUT2D eigenvalue weighted by atomic mass is 9.96. The fraction of sp³-hybridized carbons (Fsp3) is 0.500. The minimum atomic E-state index is -2.31. The zero-order valence-corrected chi connectivity index (χ0v) is 39.9. The lowest BCUT2D eigenvalue weighted by Crippen LogP contribution is -2.67. The van der Waals surface area contributed by atoms with Crippen LogP contribution in [0.15, 0.2) is 63.8 Å². The van der Waals surface area contributed by atoms with E-state index in [0.717, 1.165) is 48.5 Å².